The number of hydrogen-bond acceptors (Lipinski definition) is 1. The van der Waals surface area contributed by atoms with Crippen LogP contribution in [0.15, 0.2) is 48.5 Å². The van der Waals surface area contributed by atoms with E-state index in [0.717, 1.165) is 0 Å². The maximum atomic E-state index is 2.41. The first-order valence-electron chi connectivity index (χ1n) is 7.84. The Kier molecular flexibility index (Phi) is 2.51. The second-order valence-electron chi connectivity index (χ2n) is 6.29. The number of fused-ring (bicyclic) bond motifs is 5. The van der Waals surface area contributed by atoms with Crippen LogP contribution in [0.4, 0.5) is 0 Å². The van der Waals surface area contributed by atoms with Gasteiger partial charge in [0.05, 0.1) is 0 Å². The van der Waals surface area contributed by atoms with Crippen molar-refractivity contribution in [2.75, 3.05) is 0 Å². The summed E-state index contributed by atoms with van der Waals surface area (Å²) in [7, 11) is 0. The zero-order chi connectivity index (χ0) is 14.7. The van der Waals surface area contributed by atoms with Crippen LogP contribution in [-0.2, 0) is 6.42 Å². The van der Waals surface area contributed by atoms with Crippen molar-refractivity contribution in [1.29, 1.82) is 0 Å². The van der Waals surface area contributed by atoms with Gasteiger partial charge in [-0.25, -0.2) is 0 Å². The molecular weight excluding hydrogens is 284 g/mol. The second kappa shape index (κ2) is 4.44. The van der Waals surface area contributed by atoms with E-state index in [2.05, 4.69) is 61.5 Å². The molecule has 0 aliphatic heterocycles. The molecule has 0 N–H and O–H groups in total. The van der Waals surface area contributed by atoms with Crippen LogP contribution in [0.25, 0.3) is 37.0 Å². The molecule has 0 unspecified atom stereocenters. The lowest BCUT2D eigenvalue weighted by atomic mass is 9.95. The summed E-state index contributed by atoms with van der Waals surface area (Å²) in [6.45, 7) is 2.16. The maximum Gasteiger partial charge on any atom is 0.0361 e. The number of aryl methyl sites for hydroxylation is 2. The average molecular weight is 300 g/mol. The first kappa shape index (κ1) is 12.4. The zero-order valence-corrected chi connectivity index (χ0v) is 13.3. The summed E-state index contributed by atoms with van der Waals surface area (Å²) in [6.07, 6.45) is 6.93. The van der Waals surface area contributed by atoms with E-state index < -0.39 is 0 Å². The van der Waals surface area contributed by atoms with Gasteiger partial charge in [0.15, 0.2) is 0 Å². The fraction of sp³-hybridized carbons (Fsp3) is 0.143. The van der Waals surface area contributed by atoms with Crippen molar-refractivity contribution in [3.05, 3.63) is 65.2 Å². The number of allylic oxidation sites excluding steroid dienone is 1. The Labute approximate surface area is 133 Å². The van der Waals surface area contributed by atoms with Crippen molar-refractivity contribution in [1.82, 2.24) is 0 Å². The van der Waals surface area contributed by atoms with E-state index in [1.807, 2.05) is 11.3 Å². The summed E-state index contributed by atoms with van der Waals surface area (Å²) >= 11 is 1.93. The molecule has 0 fully saturated rings. The summed E-state index contributed by atoms with van der Waals surface area (Å²) in [5, 5.41) is 5.50. The van der Waals surface area contributed by atoms with Crippen molar-refractivity contribution in [2.24, 2.45) is 0 Å². The van der Waals surface area contributed by atoms with Crippen molar-refractivity contribution in [3.63, 3.8) is 0 Å². The Morgan fingerprint density at radius 1 is 0.864 bits per heavy atom. The molecule has 1 heteroatoms. The van der Waals surface area contributed by atoms with Gasteiger partial charge in [-0.1, -0.05) is 35.9 Å². The number of benzene rings is 3. The highest BCUT2D eigenvalue weighted by atomic mass is 32.1. The molecule has 5 rings (SSSR count). The molecular formula is C21H16S. The van der Waals surface area contributed by atoms with Crippen molar-refractivity contribution >= 4 is 48.4 Å². The third-order valence-electron chi connectivity index (χ3n) is 4.72. The Morgan fingerprint density at radius 3 is 2.68 bits per heavy atom. The minimum atomic E-state index is 1.17. The third-order valence-corrected chi connectivity index (χ3v) is 5.84. The summed E-state index contributed by atoms with van der Waals surface area (Å²) in [4.78, 5) is 0. The van der Waals surface area contributed by atoms with Gasteiger partial charge in [0.1, 0.15) is 0 Å². The van der Waals surface area contributed by atoms with Crippen molar-refractivity contribution in [2.45, 2.75) is 19.8 Å². The van der Waals surface area contributed by atoms with Crippen molar-refractivity contribution < 1.29 is 0 Å². The summed E-state index contributed by atoms with van der Waals surface area (Å²) in [5.74, 6) is 0. The highest BCUT2D eigenvalue weighted by Crippen LogP contribution is 2.39. The number of rotatable bonds is 0. The van der Waals surface area contributed by atoms with Crippen LogP contribution >= 0.6 is 11.3 Å². The Balaban J connectivity index is 1.90. The molecule has 0 amide bonds. The van der Waals surface area contributed by atoms with Crippen LogP contribution in [0.1, 0.15) is 23.1 Å². The molecule has 22 heavy (non-hydrogen) atoms. The lowest BCUT2D eigenvalue weighted by Gasteiger charge is -2.10. The molecule has 3 aromatic carbocycles. The van der Waals surface area contributed by atoms with Crippen molar-refractivity contribution in [3.8, 4) is 0 Å². The fourth-order valence-corrected chi connectivity index (χ4v) is 4.75. The average Bonchev–Trinajstić information content (AvgIpc) is 2.87. The van der Waals surface area contributed by atoms with Crippen LogP contribution in [0.2, 0.25) is 0 Å². The molecule has 106 valence electrons. The monoisotopic (exact) mass is 300 g/mol. The minimum absolute atomic E-state index is 1.17. The van der Waals surface area contributed by atoms with Gasteiger partial charge in [0.25, 0.3) is 0 Å². The van der Waals surface area contributed by atoms with E-state index in [1.165, 1.54) is 60.5 Å². The van der Waals surface area contributed by atoms with E-state index in [1.54, 1.807) is 0 Å². The first-order chi connectivity index (χ1) is 10.8. The van der Waals surface area contributed by atoms with Gasteiger partial charge in [0, 0.05) is 20.2 Å². The quantitative estimate of drug-likeness (QED) is 0.349. The predicted molar refractivity (Wildman–Crippen MR) is 98.9 cm³/mol. The van der Waals surface area contributed by atoms with Crippen LogP contribution < -0.4 is 0 Å². The van der Waals surface area contributed by atoms with E-state index in [9.17, 15) is 0 Å². The van der Waals surface area contributed by atoms with Crippen LogP contribution in [0, 0.1) is 6.92 Å². The van der Waals surface area contributed by atoms with Gasteiger partial charge in [0.2, 0.25) is 0 Å². The van der Waals surface area contributed by atoms with Gasteiger partial charge in [-0.05, 0) is 65.9 Å². The summed E-state index contributed by atoms with van der Waals surface area (Å²) < 4.78 is 2.83. The third kappa shape index (κ3) is 1.75. The van der Waals surface area contributed by atoms with E-state index in [4.69, 9.17) is 0 Å². The van der Waals surface area contributed by atoms with E-state index in [-0.39, 0.29) is 0 Å². The van der Waals surface area contributed by atoms with Crippen LogP contribution in [0.5, 0.6) is 0 Å². The van der Waals surface area contributed by atoms with Gasteiger partial charge >= 0.3 is 0 Å². The molecule has 0 bridgehead atoms. The molecule has 0 nitrogen and oxygen atoms in total. The molecule has 0 atom stereocenters. The van der Waals surface area contributed by atoms with E-state index >= 15 is 0 Å². The highest BCUT2D eigenvalue weighted by Gasteiger charge is 2.11. The van der Waals surface area contributed by atoms with Crippen LogP contribution in [-0.4, -0.2) is 0 Å². The summed E-state index contributed by atoms with van der Waals surface area (Å²) in [5.41, 5.74) is 4.23. The molecule has 1 aliphatic carbocycles. The van der Waals surface area contributed by atoms with Gasteiger partial charge in [-0.3, -0.25) is 0 Å². The minimum Gasteiger partial charge on any atom is -0.135 e. The van der Waals surface area contributed by atoms with Gasteiger partial charge in [-0.2, -0.15) is 0 Å². The number of hydrogen-bond donors (Lipinski definition) is 0. The molecule has 0 spiro atoms. The molecule has 0 saturated carbocycles. The standard InChI is InChI=1S/C21H16S/c1-13-6-7-16-10-19-18-9-14-4-2-3-5-15(14)11-20(18)22-21(19)12-17(16)8-13/h2,4,6-12H,3,5H2,1H3. The predicted octanol–water partition coefficient (Wildman–Crippen LogP) is 6.48. The lowest BCUT2D eigenvalue weighted by molar-refractivity contribution is 0.989. The normalized spacial score (nSPS) is 14.0. The van der Waals surface area contributed by atoms with Gasteiger partial charge in [-0.15, -0.1) is 11.3 Å². The Hall–Kier alpha value is -2.12. The molecule has 1 aliphatic rings. The molecule has 1 aromatic heterocycles. The summed E-state index contributed by atoms with van der Waals surface area (Å²) in [6, 6.07) is 16.2. The number of thiophene rings is 1. The fourth-order valence-electron chi connectivity index (χ4n) is 3.56. The topological polar surface area (TPSA) is 0 Å². The zero-order valence-electron chi connectivity index (χ0n) is 12.5. The second-order valence-corrected chi connectivity index (χ2v) is 7.37. The smallest absolute Gasteiger partial charge is 0.0361 e. The van der Waals surface area contributed by atoms with E-state index in [0.29, 0.717) is 0 Å². The first-order valence-corrected chi connectivity index (χ1v) is 8.66. The molecule has 4 aromatic rings. The molecule has 0 radical (unpaired) electrons. The lowest BCUT2D eigenvalue weighted by Crippen LogP contribution is -1.92. The largest absolute Gasteiger partial charge is 0.135 e. The van der Waals surface area contributed by atoms with Gasteiger partial charge < -0.3 is 0 Å². The van der Waals surface area contributed by atoms with Crippen LogP contribution in [0.3, 0.4) is 0 Å². The Bertz CT molecular complexity index is 1080. The Morgan fingerprint density at radius 2 is 1.73 bits per heavy atom. The SMILES string of the molecule is Cc1ccc2cc3c(cc2c1)sc1cc2c(cc13)C=CCC2. The maximum absolute atomic E-state index is 2.41. The highest BCUT2D eigenvalue weighted by molar-refractivity contribution is 7.25. The molecule has 1 heterocycles. The molecule has 0 saturated heterocycles.